The van der Waals surface area contributed by atoms with E-state index in [2.05, 4.69) is 38.1 Å². The molecular weight excluding hydrogens is 360 g/mol. The molecule has 0 saturated heterocycles. The summed E-state index contributed by atoms with van der Waals surface area (Å²) in [5.41, 5.74) is 3.82. The topological polar surface area (TPSA) is 58.3 Å². The molecule has 0 aliphatic heterocycles. The fourth-order valence-electron chi connectivity index (χ4n) is 8.19. The second-order valence-corrected chi connectivity index (χ2v) is 11.3. The van der Waals surface area contributed by atoms with Gasteiger partial charge in [0.05, 0.1) is 17.9 Å². The van der Waals surface area contributed by atoms with Crippen LogP contribution in [0.3, 0.4) is 0 Å². The Morgan fingerprint density at radius 3 is 2.55 bits per heavy atom. The Hall–Kier alpha value is -1.13. The van der Waals surface area contributed by atoms with E-state index in [1.54, 1.807) is 0 Å². The Morgan fingerprint density at radius 2 is 1.83 bits per heavy atom. The van der Waals surface area contributed by atoms with Gasteiger partial charge in [-0.2, -0.15) is 5.10 Å². The second kappa shape index (κ2) is 6.68. The summed E-state index contributed by atoms with van der Waals surface area (Å²) in [6.07, 6.45) is 13.0. The van der Waals surface area contributed by atoms with Crippen molar-refractivity contribution < 1.29 is 10.2 Å². The van der Waals surface area contributed by atoms with Crippen LogP contribution in [0.5, 0.6) is 0 Å². The molecule has 0 radical (unpaired) electrons. The minimum Gasteiger partial charge on any atom is -0.393 e. The maximum atomic E-state index is 11.4. The van der Waals surface area contributed by atoms with Gasteiger partial charge < -0.3 is 10.2 Å². The zero-order valence-electron chi connectivity index (χ0n) is 18.6. The monoisotopic (exact) mass is 398 g/mol. The predicted molar refractivity (Wildman–Crippen MR) is 115 cm³/mol. The van der Waals surface area contributed by atoms with E-state index in [0.29, 0.717) is 17.3 Å². The summed E-state index contributed by atoms with van der Waals surface area (Å²) in [7, 11) is 1.96. The van der Waals surface area contributed by atoms with Crippen LogP contribution in [0, 0.1) is 41.4 Å². The molecule has 29 heavy (non-hydrogen) atoms. The van der Waals surface area contributed by atoms with E-state index in [9.17, 15) is 10.2 Å². The lowest BCUT2D eigenvalue weighted by molar-refractivity contribution is -0.133. The van der Waals surface area contributed by atoms with Crippen molar-refractivity contribution in [3.05, 3.63) is 23.0 Å². The Morgan fingerprint density at radius 1 is 1.07 bits per heavy atom. The standard InChI is InChI=1S/C25H38N2O2/c1-15-17(14-27(4)26-15)11-16-12-22-20-6-5-18-13-19(28)7-9-24(18,2)21(20)8-10-25(22,3)23(16)29/h11,14,18-23,28-29H,5-10,12-13H2,1-4H3/b16-11+/t18-,19+,20-,21+,22+,23-,24+,25+/m1/s1. The molecule has 0 amide bonds. The average Bonchev–Trinajstić information content (AvgIpc) is 3.12. The zero-order valence-corrected chi connectivity index (χ0v) is 18.6. The van der Waals surface area contributed by atoms with Crippen molar-refractivity contribution in [2.45, 2.75) is 84.3 Å². The largest absolute Gasteiger partial charge is 0.393 e. The van der Waals surface area contributed by atoms with Crippen LogP contribution in [0.1, 0.15) is 76.5 Å². The van der Waals surface area contributed by atoms with E-state index >= 15 is 0 Å². The van der Waals surface area contributed by atoms with Crippen LogP contribution in [-0.2, 0) is 7.05 Å². The first kappa shape index (κ1) is 19.8. The van der Waals surface area contributed by atoms with Crippen molar-refractivity contribution in [1.29, 1.82) is 0 Å². The minimum absolute atomic E-state index is 0.0144. The number of aliphatic hydroxyl groups excluding tert-OH is 2. The highest BCUT2D eigenvalue weighted by Crippen LogP contribution is 2.67. The number of hydrogen-bond donors (Lipinski definition) is 2. The summed E-state index contributed by atoms with van der Waals surface area (Å²) in [6, 6.07) is 0. The molecule has 1 aromatic rings. The SMILES string of the molecule is Cc1nn(C)cc1/C=C1\C[C@H]2[C@@H]3CC[C@@H]4C[C@@H](O)CC[C@]4(C)[C@H]3CC[C@]2(C)[C@@H]1O. The van der Waals surface area contributed by atoms with Crippen LogP contribution >= 0.6 is 0 Å². The first-order valence-corrected chi connectivity index (χ1v) is 11.8. The normalized spacial score (nSPS) is 48.3. The maximum absolute atomic E-state index is 11.4. The molecule has 8 atom stereocenters. The average molecular weight is 399 g/mol. The molecule has 160 valence electrons. The summed E-state index contributed by atoms with van der Waals surface area (Å²) in [5.74, 6) is 2.76. The number of nitrogens with zero attached hydrogens (tertiary/aromatic N) is 2. The number of rotatable bonds is 1. The van der Waals surface area contributed by atoms with Crippen molar-refractivity contribution in [3.8, 4) is 0 Å². The molecule has 0 unspecified atom stereocenters. The summed E-state index contributed by atoms with van der Waals surface area (Å²) < 4.78 is 1.87. The number of aryl methyl sites for hydroxylation is 2. The maximum Gasteiger partial charge on any atom is 0.0809 e. The highest BCUT2D eigenvalue weighted by Gasteiger charge is 2.61. The number of hydrogen-bond acceptors (Lipinski definition) is 3. The van der Waals surface area contributed by atoms with Gasteiger partial charge in [0, 0.05) is 24.2 Å². The molecule has 0 spiro atoms. The van der Waals surface area contributed by atoms with Gasteiger partial charge in [0.1, 0.15) is 0 Å². The highest BCUT2D eigenvalue weighted by atomic mass is 16.3. The summed E-state index contributed by atoms with van der Waals surface area (Å²) in [4.78, 5) is 0. The fraction of sp³-hybridized carbons (Fsp3) is 0.800. The van der Waals surface area contributed by atoms with E-state index in [1.807, 2.05) is 11.7 Å². The van der Waals surface area contributed by atoms with Gasteiger partial charge in [-0.05, 0) is 99.0 Å². The second-order valence-electron chi connectivity index (χ2n) is 11.3. The number of aromatic nitrogens is 2. The van der Waals surface area contributed by atoms with Crippen LogP contribution in [0.4, 0.5) is 0 Å². The molecule has 2 N–H and O–H groups in total. The van der Waals surface area contributed by atoms with Gasteiger partial charge in [0.25, 0.3) is 0 Å². The van der Waals surface area contributed by atoms with Crippen LogP contribution < -0.4 is 0 Å². The zero-order chi connectivity index (χ0) is 20.6. The molecule has 4 nitrogen and oxygen atoms in total. The lowest BCUT2D eigenvalue weighted by Crippen LogP contribution is -2.54. The quantitative estimate of drug-likeness (QED) is 0.733. The molecule has 4 aliphatic rings. The predicted octanol–water partition coefficient (Wildman–Crippen LogP) is 4.49. The van der Waals surface area contributed by atoms with E-state index in [1.165, 1.54) is 31.3 Å². The summed E-state index contributed by atoms with van der Waals surface area (Å²) >= 11 is 0. The van der Waals surface area contributed by atoms with Crippen molar-refractivity contribution in [1.82, 2.24) is 9.78 Å². The van der Waals surface area contributed by atoms with Crippen molar-refractivity contribution >= 4 is 6.08 Å². The number of aliphatic hydroxyl groups is 2. The van der Waals surface area contributed by atoms with Crippen molar-refractivity contribution in [2.75, 3.05) is 0 Å². The molecule has 4 fully saturated rings. The molecule has 0 aromatic carbocycles. The van der Waals surface area contributed by atoms with Gasteiger partial charge in [-0.1, -0.05) is 13.8 Å². The third-order valence-corrected chi connectivity index (χ3v) is 9.90. The summed E-state index contributed by atoms with van der Waals surface area (Å²) in [5, 5.41) is 26.1. The smallest absolute Gasteiger partial charge is 0.0809 e. The van der Waals surface area contributed by atoms with Crippen molar-refractivity contribution in [3.63, 3.8) is 0 Å². The fourth-order valence-corrected chi connectivity index (χ4v) is 8.19. The van der Waals surface area contributed by atoms with Gasteiger partial charge in [-0.3, -0.25) is 4.68 Å². The molecule has 1 aromatic heterocycles. The third-order valence-electron chi connectivity index (χ3n) is 9.90. The van der Waals surface area contributed by atoms with Crippen LogP contribution in [0.25, 0.3) is 6.08 Å². The van der Waals surface area contributed by atoms with E-state index in [0.717, 1.165) is 48.8 Å². The van der Waals surface area contributed by atoms with Gasteiger partial charge in [-0.15, -0.1) is 0 Å². The lowest BCUT2D eigenvalue weighted by atomic mass is 9.45. The van der Waals surface area contributed by atoms with Gasteiger partial charge in [-0.25, -0.2) is 0 Å². The molecule has 0 bridgehead atoms. The summed E-state index contributed by atoms with van der Waals surface area (Å²) in [6.45, 7) is 6.94. The molecule has 4 aliphatic carbocycles. The number of fused-ring (bicyclic) bond motifs is 5. The first-order valence-electron chi connectivity index (χ1n) is 11.8. The molecule has 4 saturated carbocycles. The van der Waals surface area contributed by atoms with Gasteiger partial charge >= 0.3 is 0 Å². The molecule has 5 rings (SSSR count). The lowest BCUT2D eigenvalue weighted by Gasteiger charge is -2.60. The Kier molecular flexibility index (Phi) is 4.57. The first-order chi connectivity index (χ1) is 13.7. The highest BCUT2D eigenvalue weighted by molar-refractivity contribution is 5.56. The van der Waals surface area contributed by atoms with Gasteiger partial charge in [0.15, 0.2) is 0 Å². The van der Waals surface area contributed by atoms with E-state index < -0.39 is 0 Å². The minimum atomic E-state index is -0.327. The third kappa shape index (κ3) is 2.89. The van der Waals surface area contributed by atoms with E-state index in [4.69, 9.17) is 0 Å². The van der Waals surface area contributed by atoms with Crippen molar-refractivity contribution in [2.24, 2.45) is 41.5 Å². The Bertz CT molecular complexity index is 829. The Balaban J connectivity index is 1.45. The van der Waals surface area contributed by atoms with Crippen LogP contribution in [0.2, 0.25) is 0 Å². The molecular formula is C25H38N2O2. The van der Waals surface area contributed by atoms with Crippen LogP contribution in [0.15, 0.2) is 11.8 Å². The van der Waals surface area contributed by atoms with Crippen LogP contribution in [-0.4, -0.2) is 32.2 Å². The van der Waals surface area contributed by atoms with E-state index in [-0.39, 0.29) is 17.6 Å². The molecule has 4 heteroatoms. The molecule has 1 heterocycles. The Labute approximate surface area is 175 Å². The van der Waals surface area contributed by atoms with Gasteiger partial charge in [0.2, 0.25) is 0 Å².